The van der Waals surface area contributed by atoms with Gasteiger partial charge in [-0.3, -0.25) is 0 Å². The molecule has 0 saturated carbocycles. The highest BCUT2D eigenvalue weighted by Gasteiger charge is 2.26. The first kappa shape index (κ1) is 13.0. The first-order valence-electron chi connectivity index (χ1n) is 6.34. The van der Waals surface area contributed by atoms with Crippen LogP contribution in [0.15, 0.2) is 18.2 Å². The van der Waals surface area contributed by atoms with E-state index < -0.39 is 0 Å². The molecule has 1 heterocycles. The van der Waals surface area contributed by atoms with Crippen LogP contribution in [0.5, 0.6) is 11.5 Å². The lowest BCUT2D eigenvalue weighted by Crippen LogP contribution is -2.35. The molecule has 0 aliphatic carbocycles. The molecule has 1 fully saturated rings. The van der Waals surface area contributed by atoms with Gasteiger partial charge in [0.1, 0.15) is 17.6 Å². The van der Waals surface area contributed by atoms with Gasteiger partial charge in [-0.25, -0.2) is 0 Å². The lowest BCUT2D eigenvalue weighted by atomic mass is 10.0. The van der Waals surface area contributed by atoms with Crippen LogP contribution >= 0.6 is 0 Å². The lowest BCUT2D eigenvalue weighted by Gasteiger charge is -2.32. The zero-order valence-electron chi connectivity index (χ0n) is 11.2. The maximum Gasteiger partial charge on any atom is 0.142 e. The molecule has 4 nitrogen and oxygen atoms in total. The Balaban J connectivity index is 2.04. The Hall–Kier alpha value is -1.42. The molecule has 1 aliphatic rings. The highest BCUT2D eigenvalue weighted by molar-refractivity contribution is 5.56. The van der Waals surface area contributed by atoms with Crippen molar-refractivity contribution in [1.82, 2.24) is 0 Å². The molecule has 100 valence electrons. The standard InChI is InChI=1S/C14H21NO3/c1-9-6-12(7-10(2)17-9)18-14-5-4-11(16-3)8-13(14)15/h4-5,8-10,12H,6-7,15H2,1-3H3. The van der Waals surface area contributed by atoms with E-state index in [1.165, 1.54) is 0 Å². The van der Waals surface area contributed by atoms with Crippen LogP contribution in [0.1, 0.15) is 26.7 Å². The van der Waals surface area contributed by atoms with Crippen LogP contribution in [-0.2, 0) is 4.74 Å². The SMILES string of the molecule is COc1ccc(OC2CC(C)OC(C)C2)c(N)c1. The number of methoxy groups -OCH3 is 1. The van der Waals surface area contributed by atoms with Crippen LogP contribution in [-0.4, -0.2) is 25.4 Å². The Morgan fingerprint density at radius 1 is 1.22 bits per heavy atom. The van der Waals surface area contributed by atoms with Gasteiger partial charge in [0.05, 0.1) is 25.0 Å². The molecular weight excluding hydrogens is 230 g/mol. The van der Waals surface area contributed by atoms with Crippen molar-refractivity contribution in [2.24, 2.45) is 0 Å². The van der Waals surface area contributed by atoms with Crippen molar-refractivity contribution in [3.63, 3.8) is 0 Å². The second kappa shape index (κ2) is 5.48. The van der Waals surface area contributed by atoms with E-state index in [0.29, 0.717) is 5.69 Å². The largest absolute Gasteiger partial charge is 0.497 e. The second-order valence-corrected chi connectivity index (χ2v) is 4.87. The van der Waals surface area contributed by atoms with Gasteiger partial charge in [0.2, 0.25) is 0 Å². The Morgan fingerprint density at radius 2 is 1.89 bits per heavy atom. The number of nitrogens with two attached hydrogens (primary N) is 1. The molecule has 2 rings (SSSR count). The summed E-state index contributed by atoms with van der Waals surface area (Å²) in [5, 5.41) is 0. The van der Waals surface area contributed by atoms with Gasteiger partial charge in [-0.1, -0.05) is 0 Å². The molecule has 4 heteroatoms. The third-order valence-electron chi connectivity index (χ3n) is 3.16. The molecule has 0 aromatic heterocycles. The average Bonchev–Trinajstić information content (AvgIpc) is 2.30. The molecule has 1 aromatic rings. The number of hydrogen-bond donors (Lipinski definition) is 1. The molecule has 1 aromatic carbocycles. The molecule has 18 heavy (non-hydrogen) atoms. The first-order chi connectivity index (χ1) is 8.58. The first-order valence-corrected chi connectivity index (χ1v) is 6.34. The Kier molecular flexibility index (Phi) is 3.97. The maximum absolute atomic E-state index is 5.97. The highest BCUT2D eigenvalue weighted by atomic mass is 16.5. The van der Waals surface area contributed by atoms with E-state index in [4.69, 9.17) is 19.9 Å². The Morgan fingerprint density at radius 3 is 2.44 bits per heavy atom. The third-order valence-corrected chi connectivity index (χ3v) is 3.16. The van der Waals surface area contributed by atoms with E-state index in [1.54, 1.807) is 13.2 Å². The summed E-state index contributed by atoms with van der Waals surface area (Å²) in [5.41, 5.74) is 6.56. The normalized spacial score (nSPS) is 27.8. The number of benzene rings is 1. The Bertz CT molecular complexity index is 398. The van der Waals surface area contributed by atoms with Gasteiger partial charge in [-0.05, 0) is 26.0 Å². The van der Waals surface area contributed by atoms with Crippen molar-refractivity contribution in [2.45, 2.75) is 45.0 Å². The van der Waals surface area contributed by atoms with Crippen molar-refractivity contribution in [2.75, 3.05) is 12.8 Å². The lowest BCUT2D eigenvalue weighted by molar-refractivity contribution is -0.0720. The van der Waals surface area contributed by atoms with Crippen molar-refractivity contribution in [3.8, 4) is 11.5 Å². The molecule has 0 radical (unpaired) electrons. The summed E-state index contributed by atoms with van der Waals surface area (Å²) in [6, 6.07) is 5.50. The number of anilines is 1. The summed E-state index contributed by atoms with van der Waals surface area (Å²) in [4.78, 5) is 0. The molecule has 1 saturated heterocycles. The van der Waals surface area contributed by atoms with Crippen LogP contribution in [0.2, 0.25) is 0 Å². The third kappa shape index (κ3) is 3.07. The van der Waals surface area contributed by atoms with Crippen molar-refractivity contribution >= 4 is 5.69 Å². The Labute approximate surface area is 108 Å². The van der Waals surface area contributed by atoms with Crippen molar-refractivity contribution in [3.05, 3.63) is 18.2 Å². The van der Waals surface area contributed by atoms with Gasteiger partial charge in [0, 0.05) is 18.9 Å². The molecule has 0 amide bonds. The minimum absolute atomic E-state index is 0.166. The van der Waals surface area contributed by atoms with E-state index >= 15 is 0 Å². The molecule has 0 spiro atoms. The summed E-state index contributed by atoms with van der Waals surface area (Å²) >= 11 is 0. The van der Waals surface area contributed by atoms with Gasteiger partial charge in [0.25, 0.3) is 0 Å². The van der Waals surface area contributed by atoms with Crippen LogP contribution in [0.25, 0.3) is 0 Å². The zero-order valence-corrected chi connectivity index (χ0v) is 11.2. The zero-order chi connectivity index (χ0) is 13.1. The maximum atomic E-state index is 5.97. The average molecular weight is 251 g/mol. The molecule has 2 unspecified atom stereocenters. The minimum atomic E-state index is 0.166. The van der Waals surface area contributed by atoms with Crippen LogP contribution in [0, 0.1) is 0 Å². The monoisotopic (exact) mass is 251 g/mol. The van der Waals surface area contributed by atoms with Crippen LogP contribution in [0.4, 0.5) is 5.69 Å². The summed E-state index contributed by atoms with van der Waals surface area (Å²) in [6.07, 6.45) is 2.43. The van der Waals surface area contributed by atoms with Crippen LogP contribution in [0.3, 0.4) is 0 Å². The van der Waals surface area contributed by atoms with E-state index in [0.717, 1.165) is 24.3 Å². The second-order valence-electron chi connectivity index (χ2n) is 4.87. The molecule has 0 bridgehead atoms. The predicted octanol–water partition coefficient (Wildman–Crippen LogP) is 2.61. The summed E-state index contributed by atoms with van der Waals surface area (Å²) in [5.74, 6) is 1.47. The summed E-state index contributed by atoms with van der Waals surface area (Å²) in [7, 11) is 1.62. The number of hydrogen-bond acceptors (Lipinski definition) is 4. The summed E-state index contributed by atoms with van der Waals surface area (Å²) in [6.45, 7) is 4.15. The van der Waals surface area contributed by atoms with E-state index in [2.05, 4.69) is 13.8 Å². The van der Waals surface area contributed by atoms with Crippen molar-refractivity contribution < 1.29 is 14.2 Å². The summed E-state index contributed by atoms with van der Waals surface area (Å²) < 4.78 is 16.8. The highest BCUT2D eigenvalue weighted by Crippen LogP contribution is 2.30. The van der Waals surface area contributed by atoms with Gasteiger partial charge < -0.3 is 19.9 Å². The number of rotatable bonds is 3. The number of nitrogen functional groups attached to an aromatic ring is 1. The smallest absolute Gasteiger partial charge is 0.142 e. The quantitative estimate of drug-likeness (QED) is 0.839. The van der Waals surface area contributed by atoms with Gasteiger partial charge >= 0.3 is 0 Å². The van der Waals surface area contributed by atoms with E-state index in [9.17, 15) is 0 Å². The van der Waals surface area contributed by atoms with Crippen molar-refractivity contribution in [1.29, 1.82) is 0 Å². The number of ether oxygens (including phenoxy) is 3. The molecule has 1 aliphatic heterocycles. The minimum Gasteiger partial charge on any atom is -0.497 e. The van der Waals surface area contributed by atoms with Crippen LogP contribution < -0.4 is 15.2 Å². The van der Waals surface area contributed by atoms with E-state index in [1.807, 2.05) is 12.1 Å². The topological polar surface area (TPSA) is 53.7 Å². The van der Waals surface area contributed by atoms with Gasteiger partial charge in [-0.15, -0.1) is 0 Å². The fourth-order valence-electron chi connectivity index (χ4n) is 2.38. The fraction of sp³-hybridized carbons (Fsp3) is 0.571. The molecular formula is C14H21NO3. The van der Waals surface area contributed by atoms with E-state index in [-0.39, 0.29) is 18.3 Å². The molecule has 2 N–H and O–H groups in total. The fourth-order valence-corrected chi connectivity index (χ4v) is 2.38. The predicted molar refractivity (Wildman–Crippen MR) is 71.1 cm³/mol. The van der Waals surface area contributed by atoms with Gasteiger partial charge in [-0.2, -0.15) is 0 Å². The van der Waals surface area contributed by atoms with Gasteiger partial charge in [0.15, 0.2) is 0 Å². The molecule has 2 atom stereocenters.